The minimum Gasteiger partial charge on any atom is -0.312 e. The smallest absolute Gasteiger partial charge is 0.312 e. The van der Waals surface area contributed by atoms with Gasteiger partial charge in [-0.25, -0.2) is 8.42 Å². The fraction of sp³-hybridized carbons (Fsp3) is 0.417. The summed E-state index contributed by atoms with van der Waals surface area (Å²) < 4.78 is 62.5. The average Bonchev–Trinajstić information content (AvgIpc) is 2.36. The van der Waals surface area contributed by atoms with Crippen molar-refractivity contribution in [3.05, 3.63) is 23.8 Å². The molecule has 1 aromatic carbocycles. The van der Waals surface area contributed by atoms with Crippen molar-refractivity contribution < 1.29 is 26.4 Å². The zero-order valence-corrected chi connectivity index (χ0v) is 12.2. The standard InChI is InChI=1S/C12H11ClF3NO3S/c13-21(19,20)9-5-3-4-8(11(9)12(14,15)16)17-7-2-1-6-10(17)18/h3-5H,1-2,6-7H2. The molecule has 9 heteroatoms. The minimum atomic E-state index is -4.94. The van der Waals surface area contributed by atoms with Gasteiger partial charge in [0, 0.05) is 23.6 Å². The second-order valence-electron chi connectivity index (χ2n) is 4.59. The highest BCUT2D eigenvalue weighted by atomic mass is 35.7. The van der Waals surface area contributed by atoms with E-state index in [0.29, 0.717) is 12.8 Å². The predicted octanol–water partition coefficient (Wildman–Crippen LogP) is 3.15. The Morgan fingerprint density at radius 2 is 1.86 bits per heavy atom. The van der Waals surface area contributed by atoms with Crippen LogP contribution in [0, 0.1) is 0 Å². The molecule has 0 spiro atoms. The first-order valence-electron chi connectivity index (χ1n) is 6.07. The number of hydrogen-bond donors (Lipinski definition) is 0. The lowest BCUT2D eigenvalue weighted by atomic mass is 10.1. The van der Waals surface area contributed by atoms with Gasteiger partial charge >= 0.3 is 6.18 Å². The lowest BCUT2D eigenvalue weighted by Gasteiger charge is -2.29. The molecule has 116 valence electrons. The van der Waals surface area contributed by atoms with Gasteiger partial charge < -0.3 is 4.90 Å². The molecule has 1 fully saturated rings. The zero-order chi connectivity index (χ0) is 15.8. The molecule has 0 N–H and O–H groups in total. The number of carbonyl (C=O) groups is 1. The summed E-state index contributed by atoms with van der Waals surface area (Å²) >= 11 is 0. The van der Waals surface area contributed by atoms with Crippen LogP contribution in [-0.2, 0) is 20.0 Å². The quantitative estimate of drug-likeness (QED) is 0.776. The SMILES string of the molecule is O=C1CCCCN1c1cccc(S(=O)(=O)Cl)c1C(F)(F)F. The molecule has 0 saturated carbocycles. The molecular formula is C12H11ClF3NO3S. The van der Waals surface area contributed by atoms with E-state index in [0.717, 1.165) is 23.1 Å². The molecule has 1 amide bonds. The van der Waals surface area contributed by atoms with E-state index in [2.05, 4.69) is 0 Å². The molecule has 0 atom stereocenters. The highest BCUT2D eigenvalue weighted by Crippen LogP contribution is 2.42. The van der Waals surface area contributed by atoms with Gasteiger partial charge in [0.05, 0.1) is 16.1 Å². The Hall–Kier alpha value is -1.28. The van der Waals surface area contributed by atoms with Crippen molar-refractivity contribution in [3.8, 4) is 0 Å². The maximum absolute atomic E-state index is 13.3. The maximum Gasteiger partial charge on any atom is 0.419 e. The lowest BCUT2D eigenvalue weighted by molar-refractivity contribution is -0.139. The third-order valence-electron chi connectivity index (χ3n) is 3.16. The first-order valence-corrected chi connectivity index (χ1v) is 8.38. The summed E-state index contributed by atoms with van der Waals surface area (Å²) in [6.45, 7) is 0.119. The molecule has 1 aliphatic rings. The van der Waals surface area contributed by atoms with E-state index in [1.807, 2.05) is 0 Å². The molecule has 0 unspecified atom stereocenters. The topological polar surface area (TPSA) is 54.5 Å². The van der Waals surface area contributed by atoms with Crippen LogP contribution in [-0.4, -0.2) is 20.9 Å². The number of carbonyl (C=O) groups excluding carboxylic acids is 1. The Balaban J connectivity index is 2.69. The molecule has 2 rings (SSSR count). The molecule has 0 bridgehead atoms. The molecule has 1 saturated heterocycles. The second-order valence-corrected chi connectivity index (χ2v) is 7.12. The van der Waals surface area contributed by atoms with Crippen molar-refractivity contribution in [1.29, 1.82) is 0 Å². The van der Waals surface area contributed by atoms with E-state index in [9.17, 15) is 26.4 Å². The molecule has 0 radical (unpaired) electrons. The number of anilines is 1. The largest absolute Gasteiger partial charge is 0.419 e. The van der Waals surface area contributed by atoms with Crippen LogP contribution in [0.5, 0.6) is 0 Å². The summed E-state index contributed by atoms with van der Waals surface area (Å²) in [5, 5.41) is 0. The highest BCUT2D eigenvalue weighted by molar-refractivity contribution is 8.13. The van der Waals surface area contributed by atoms with Gasteiger partial charge in [-0.05, 0) is 25.0 Å². The summed E-state index contributed by atoms with van der Waals surface area (Å²) in [7, 11) is 0.505. The molecule has 1 aliphatic heterocycles. The Kier molecular flexibility index (Phi) is 4.21. The van der Waals surface area contributed by atoms with Gasteiger partial charge in [0.2, 0.25) is 5.91 Å². The molecule has 0 aliphatic carbocycles. The summed E-state index contributed by atoms with van der Waals surface area (Å²) in [6, 6.07) is 3.00. The number of amides is 1. The van der Waals surface area contributed by atoms with Gasteiger partial charge in [-0.3, -0.25) is 4.79 Å². The summed E-state index contributed by atoms with van der Waals surface area (Å²) in [5.74, 6) is -0.462. The highest BCUT2D eigenvalue weighted by Gasteiger charge is 2.41. The third kappa shape index (κ3) is 3.32. The van der Waals surface area contributed by atoms with Crippen LogP contribution in [0.2, 0.25) is 0 Å². The normalized spacial score (nSPS) is 17.1. The Labute approximate surface area is 123 Å². The fourth-order valence-electron chi connectivity index (χ4n) is 2.29. The van der Waals surface area contributed by atoms with Crippen molar-refractivity contribution in [2.24, 2.45) is 0 Å². The summed E-state index contributed by atoms with van der Waals surface area (Å²) in [4.78, 5) is 11.7. The van der Waals surface area contributed by atoms with E-state index in [4.69, 9.17) is 10.7 Å². The number of halogens is 4. The summed E-state index contributed by atoms with van der Waals surface area (Å²) in [6.07, 6.45) is -3.65. The maximum atomic E-state index is 13.3. The van der Waals surface area contributed by atoms with Gasteiger partial charge in [0.25, 0.3) is 9.05 Å². The van der Waals surface area contributed by atoms with E-state index >= 15 is 0 Å². The van der Waals surface area contributed by atoms with Gasteiger partial charge in [-0.2, -0.15) is 13.2 Å². The molecular weight excluding hydrogens is 331 g/mol. The van der Waals surface area contributed by atoms with Gasteiger partial charge in [-0.15, -0.1) is 0 Å². The Morgan fingerprint density at radius 1 is 1.19 bits per heavy atom. The Morgan fingerprint density at radius 3 is 2.38 bits per heavy atom. The third-order valence-corrected chi connectivity index (χ3v) is 4.53. The molecule has 4 nitrogen and oxygen atoms in total. The van der Waals surface area contributed by atoms with Crippen LogP contribution in [0.25, 0.3) is 0 Å². The van der Waals surface area contributed by atoms with Crippen LogP contribution in [0.1, 0.15) is 24.8 Å². The number of alkyl halides is 3. The van der Waals surface area contributed by atoms with E-state index in [-0.39, 0.29) is 13.0 Å². The van der Waals surface area contributed by atoms with Crippen LogP contribution in [0.3, 0.4) is 0 Å². The van der Waals surface area contributed by atoms with Crippen LogP contribution in [0.4, 0.5) is 18.9 Å². The monoisotopic (exact) mass is 341 g/mol. The summed E-state index contributed by atoms with van der Waals surface area (Å²) in [5.41, 5.74) is -1.86. The van der Waals surface area contributed by atoms with Crippen molar-refractivity contribution in [3.63, 3.8) is 0 Å². The second kappa shape index (κ2) is 5.49. The van der Waals surface area contributed by atoms with Crippen LogP contribution < -0.4 is 4.90 Å². The van der Waals surface area contributed by atoms with Gasteiger partial charge in [0.15, 0.2) is 0 Å². The molecule has 1 aromatic rings. The van der Waals surface area contributed by atoms with Crippen LogP contribution >= 0.6 is 10.7 Å². The van der Waals surface area contributed by atoms with E-state index < -0.39 is 37.3 Å². The first-order chi connectivity index (χ1) is 9.62. The van der Waals surface area contributed by atoms with Gasteiger partial charge in [0.1, 0.15) is 0 Å². The van der Waals surface area contributed by atoms with Crippen molar-refractivity contribution >= 4 is 31.3 Å². The number of nitrogens with zero attached hydrogens (tertiary/aromatic N) is 1. The van der Waals surface area contributed by atoms with Crippen molar-refractivity contribution in [1.82, 2.24) is 0 Å². The number of rotatable bonds is 2. The van der Waals surface area contributed by atoms with Crippen molar-refractivity contribution in [2.75, 3.05) is 11.4 Å². The van der Waals surface area contributed by atoms with Crippen molar-refractivity contribution in [2.45, 2.75) is 30.3 Å². The number of benzene rings is 1. The predicted molar refractivity (Wildman–Crippen MR) is 70.7 cm³/mol. The van der Waals surface area contributed by atoms with E-state index in [1.54, 1.807) is 0 Å². The first kappa shape index (κ1) is 16.1. The number of hydrogen-bond acceptors (Lipinski definition) is 3. The zero-order valence-electron chi connectivity index (χ0n) is 10.7. The molecule has 1 heterocycles. The Bertz CT molecular complexity index is 673. The average molecular weight is 342 g/mol. The fourth-order valence-corrected chi connectivity index (χ4v) is 3.38. The molecule has 0 aromatic heterocycles. The van der Waals surface area contributed by atoms with Gasteiger partial charge in [-0.1, -0.05) is 6.07 Å². The minimum absolute atomic E-state index is 0.119. The molecule has 21 heavy (non-hydrogen) atoms. The number of piperidine rings is 1. The van der Waals surface area contributed by atoms with Crippen LogP contribution in [0.15, 0.2) is 23.1 Å². The van der Waals surface area contributed by atoms with E-state index in [1.165, 1.54) is 0 Å². The lowest BCUT2D eigenvalue weighted by Crippen LogP contribution is -2.37.